The summed E-state index contributed by atoms with van der Waals surface area (Å²) in [7, 11) is 0. The van der Waals surface area contributed by atoms with Crippen LogP contribution in [0.25, 0.3) is 0 Å². The predicted octanol–water partition coefficient (Wildman–Crippen LogP) is 4.27. The van der Waals surface area contributed by atoms with Crippen LogP contribution in [0.1, 0.15) is 38.8 Å². The number of nitriles is 1. The topological polar surface area (TPSA) is 71.3 Å². The molecular weight excluding hydrogens is 328 g/mol. The number of nitrogens with zero attached hydrogens (tertiary/aromatic N) is 1. The number of anilines is 1. The Labute approximate surface area is 154 Å². The highest BCUT2D eigenvalue weighted by molar-refractivity contribution is 5.92. The van der Waals surface area contributed by atoms with Crippen molar-refractivity contribution in [1.82, 2.24) is 0 Å². The van der Waals surface area contributed by atoms with Gasteiger partial charge in [0.2, 0.25) is 0 Å². The first kappa shape index (κ1) is 19.3. The maximum absolute atomic E-state index is 12.3. The van der Waals surface area contributed by atoms with Crippen molar-refractivity contribution in [3.05, 3.63) is 53.6 Å². The van der Waals surface area contributed by atoms with Crippen LogP contribution < -0.4 is 14.8 Å². The van der Waals surface area contributed by atoms with E-state index in [9.17, 15) is 4.79 Å². The minimum Gasteiger partial charge on any atom is -0.490 e. The van der Waals surface area contributed by atoms with Gasteiger partial charge in [0.25, 0.3) is 5.91 Å². The van der Waals surface area contributed by atoms with Crippen LogP contribution in [0.3, 0.4) is 0 Å². The fourth-order valence-corrected chi connectivity index (χ4v) is 2.54. The van der Waals surface area contributed by atoms with E-state index >= 15 is 0 Å². The van der Waals surface area contributed by atoms with Gasteiger partial charge < -0.3 is 14.8 Å². The molecule has 0 spiro atoms. The summed E-state index contributed by atoms with van der Waals surface area (Å²) < 4.78 is 11.1. The second kappa shape index (κ2) is 8.39. The molecule has 1 amide bonds. The number of carbonyl (C=O) groups excluding carboxylic acids is 1. The minimum atomic E-state index is -0.256. The number of para-hydroxylation sites is 1. The minimum absolute atomic E-state index is 0.0833. The van der Waals surface area contributed by atoms with Gasteiger partial charge in [-0.3, -0.25) is 4.79 Å². The fourth-order valence-electron chi connectivity index (χ4n) is 2.54. The van der Waals surface area contributed by atoms with Gasteiger partial charge in [-0.1, -0.05) is 39.0 Å². The van der Waals surface area contributed by atoms with Crippen molar-refractivity contribution in [3.8, 4) is 17.6 Å². The smallest absolute Gasteiger partial charge is 0.262 e. The first-order chi connectivity index (χ1) is 12.3. The molecule has 0 aliphatic carbocycles. The normalized spacial score (nSPS) is 10.7. The van der Waals surface area contributed by atoms with Crippen molar-refractivity contribution in [2.24, 2.45) is 0 Å². The van der Waals surface area contributed by atoms with Crippen molar-refractivity contribution in [1.29, 1.82) is 5.26 Å². The first-order valence-corrected chi connectivity index (χ1v) is 8.54. The largest absolute Gasteiger partial charge is 0.490 e. The zero-order valence-electron chi connectivity index (χ0n) is 15.6. The molecule has 26 heavy (non-hydrogen) atoms. The molecular formula is C21H24N2O3. The lowest BCUT2D eigenvalue weighted by Crippen LogP contribution is -2.23. The van der Waals surface area contributed by atoms with E-state index in [1.807, 2.05) is 31.2 Å². The van der Waals surface area contributed by atoms with Crippen LogP contribution in [0.4, 0.5) is 5.69 Å². The van der Waals surface area contributed by atoms with Gasteiger partial charge >= 0.3 is 0 Å². The molecule has 2 aromatic rings. The Morgan fingerprint density at radius 2 is 1.85 bits per heavy atom. The molecule has 0 bridgehead atoms. The molecule has 0 aliphatic rings. The van der Waals surface area contributed by atoms with Crippen LogP contribution in [-0.4, -0.2) is 19.1 Å². The molecule has 0 fully saturated rings. The number of ether oxygens (including phenoxy) is 2. The van der Waals surface area contributed by atoms with Crippen LogP contribution in [-0.2, 0) is 10.2 Å². The van der Waals surface area contributed by atoms with E-state index < -0.39 is 0 Å². The Kier molecular flexibility index (Phi) is 6.24. The zero-order chi connectivity index (χ0) is 19.2. The van der Waals surface area contributed by atoms with Gasteiger partial charge in [0.05, 0.1) is 18.2 Å². The summed E-state index contributed by atoms with van der Waals surface area (Å²) in [5, 5.41) is 11.9. The number of rotatable bonds is 6. The molecule has 5 nitrogen and oxygen atoms in total. The van der Waals surface area contributed by atoms with Gasteiger partial charge in [0.1, 0.15) is 0 Å². The van der Waals surface area contributed by atoms with Crippen molar-refractivity contribution in [2.75, 3.05) is 18.5 Å². The number of benzene rings is 2. The summed E-state index contributed by atoms with van der Waals surface area (Å²) in [5.41, 5.74) is 2.23. The van der Waals surface area contributed by atoms with E-state index in [0.29, 0.717) is 23.7 Å². The maximum atomic E-state index is 12.3. The molecule has 0 radical (unpaired) electrons. The number of amides is 1. The predicted molar refractivity (Wildman–Crippen MR) is 102 cm³/mol. The summed E-state index contributed by atoms with van der Waals surface area (Å²) in [4.78, 5) is 12.3. The van der Waals surface area contributed by atoms with Gasteiger partial charge in [-0.25, -0.2) is 0 Å². The van der Waals surface area contributed by atoms with E-state index in [1.165, 1.54) is 0 Å². The van der Waals surface area contributed by atoms with Crippen LogP contribution in [0.2, 0.25) is 0 Å². The second-order valence-electron chi connectivity index (χ2n) is 6.84. The Balaban J connectivity index is 2.08. The van der Waals surface area contributed by atoms with E-state index in [-0.39, 0.29) is 17.9 Å². The molecule has 0 heterocycles. The standard InChI is InChI=1S/C21H24N2O3/c1-5-25-19-12-15(13-22)10-11-18(19)26-14-20(24)23-17-9-7-6-8-16(17)21(2,3)4/h6-12H,5,14H2,1-4H3,(H,23,24). The summed E-state index contributed by atoms with van der Waals surface area (Å²) in [5.74, 6) is 0.632. The number of nitrogens with one attached hydrogen (secondary N) is 1. The molecule has 0 unspecified atom stereocenters. The van der Waals surface area contributed by atoms with Gasteiger partial charge in [-0.15, -0.1) is 0 Å². The third-order valence-corrected chi connectivity index (χ3v) is 3.74. The summed E-state index contributed by atoms with van der Waals surface area (Å²) in [6.07, 6.45) is 0. The van der Waals surface area contributed by atoms with Crippen LogP contribution in [0.15, 0.2) is 42.5 Å². The average Bonchev–Trinajstić information content (AvgIpc) is 2.60. The summed E-state index contributed by atoms with van der Waals surface area (Å²) in [6, 6.07) is 14.7. The Hall–Kier alpha value is -3.00. The van der Waals surface area contributed by atoms with Crippen LogP contribution in [0, 0.1) is 11.3 Å². The van der Waals surface area contributed by atoms with Crippen molar-refractivity contribution >= 4 is 11.6 Å². The highest BCUT2D eigenvalue weighted by atomic mass is 16.5. The molecule has 0 saturated heterocycles. The molecule has 5 heteroatoms. The molecule has 0 aliphatic heterocycles. The molecule has 0 saturated carbocycles. The summed E-state index contributed by atoms with van der Waals surface area (Å²) in [6.45, 7) is 8.43. The lowest BCUT2D eigenvalue weighted by molar-refractivity contribution is -0.118. The molecule has 0 atom stereocenters. The molecule has 1 N–H and O–H groups in total. The zero-order valence-corrected chi connectivity index (χ0v) is 15.6. The quantitative estimate of drug-likeness (QED) is 0.842. The Bertz CT molecular complexity index is 817. The van der Waals surface area contributed by atoms with Crippen LogP contribution in [0.5, 0.6) is 11.5 Å². The molecule has 0 aromatic heterocycles. The van der Waals surface area contributed by atoms with Crippen LogP contribution >= 0.6 is 0 Å². The average molecular weight is 352 g/mol. The second-order valence-corrected chi connectivity index (χ2v) is 6.84. The third-order valence-electron chi connectivity index (χ3n) is 3.74. The highest BCUT2D eigenvalue weighted by Gasteiger charge is 2.19. The fraction of sp³-hybridized carbons (Fsp3) is 0.333. The highest BCUT2D eigenvalue weighted by Crippen LogP contribution is 2.30. The maximum Gasteiger partial charge on any atom is 0.262 e. The third kappa shape index (κ3) is 5.00. The van der Waals surface area contributed by atoms with E-state index in [0.717, 1.165) is 11.3 Å². The van der Waals surface area contributed by atoms with E-state index in [2.05, 4.69) is 32.2 Å². The Morgan fingerprint density at radius 3 is 2.50 bits per heavy atom. The first-order valence-electron chi connectivity index (χ1n) is 8.54. The molecule has 2 rings (SSSR count). The van der Waals surface area contributed by atoms with Crippen molar-refractivity contribution in [2.45, 2.75) is 33.1 Å². The van der Waals surface area contributed by atoms with Gasteiger partial charge in [0, 0.05) is 11.8 Å². The number of carbonyl (C=O) groups is 1. The van der Waals surface area contributed by atoms with E-state index in [1.54, 1.807) is 18.2 Å². The van der Waals surface area contributed by atoms with Crippen molar-refractivity contribution in [3.63, 3.8) is 0 Å². The number of hydrogen-bond donors (Lipinski definition) is 1. The van der Waals surface area contributed by atoms with Gasteiger partial charge in [-0.2, -0.15) is 5.26 Å². The molecule has 136 valence electrons. The lowest BCUT2D eigenvalue weighted by Gasteiger charge is -2.23. The number of hydrogen-bond acceptors (Lipinski definition) is 4. The molecule has 2 aromatic carbocycles. The van der Waals surface area contributed by atoms with Crippen molar-refractivity contribution < 1.29 is 14.3 Å². The lowest BCUT2D eigenvalue weighted by atomic mass is 9.86. The monoisotopic (exact) mass is 352 g/mol. The van der Waals surface area contributed by atoms with E-state index in [4.69, 9.17) is 14.7 Å². The van der Waals surface area contributed by atoms with Gasteiger partial charge in [0.15, 0.2) is 18.1 Å². The van der Waals surface area contributed by atoms with Gasteiger partial charge in [-0.05, 0) is 36.1 Å². The SMILES string of the molecule is CCOc1cc(C#N)ccc1OCC(=O)Nc1ccccc1C(C)(C)C. The Morgan fingerprint density at radius 1 is 1.12 bits per heavy atom. The summed E-state index contributed by atoms with van der Waals surface area (Å²) >= 11 is 0.